The van der Waals surface area contributed by atoms with Crippen LogP contribution in [0.4, 0.5) is 0 Å². The van der Waals surface area contributed by atoms with Crippen LogP contribution in [0.5, 0.6) is 0 Å². The van der Waals surface area contributed by atoms with Gasteiger partial charge in [0, 0.05) is 6.08 Å². The number of aryl methyl sites for hydroxylation is 1. The fourth-order valence-electron chi connectivity index (χ4n) is 1.45. The molecule has 0 aromatic heterocycles. The maximum atomic E-state index is 11.3. The number of esters is 1. The van der Waals surface area contributed by atoms with E-state index in [9.17, 15) is 4.79 Å². The number of benzene rings is 1. The van der Waals surface area contributed by atoms with Gasteiger partial charge in [-0.05, 0) is 37.0 Å². The van der Waals surface area contributed by atoms with Crippen molar-refractivity contribution in [3.8, 4) is 0 Å². The van der Waals surface area contributed by atoms with Crippen LogP contribution in [-0.4, -0.2) is 12.6 Å². The molecule has 0 amide bonds. The van der Waals surface area contributed by atoms with E-state index in [1.807, 2.05) is 19.1 Å². The van der Waals surface area contributed by atoms with Crippen molar-refractivity contribution in [3.63, 3.8) is 0 Å². The molecule has 0 saturated carbocycles. The predicted octanol–water partition coefficient (Wildman–Crippen LogP) is 3.22. The SMILES string of the molecule is CCOC(=O)C=C(C)c1ccc(CC)cc1. The topological polar surface area (TPSA) is 26.3 Å². The first-order valence-corrected chi connectivity index (χ1v) is 5.61. The van der Waals surface area contributed by atoms with Crippen molar-refractivity contribution in [1.29, 1.82) is 0 Å². The van der Waals surface area contributed by atoms with E-state index in [1.54, 1.807) is 6.92 Å². The van der Waals surface area contributed by atoms with Crippen molar-refractivity contribution < 1.29 is 9.53 Å². The lowest BCUT2D eigenvalue weighted by molar-refractivity contribution is -0.137. The minimum atomic E-state index is -0.278. The van der Waals surface area contributed by atoms with Crippen LogP contribution in [0.25, 0.3) is 5.57 Å². The third kappa shape index (κ3) is 3.54. The van der Waals surface area contributed by atoms with Crippen LogP contribution >= 0.6 is 0 Å². The van der Waals surface area contributed by atoms with Gasteiger partial charge in [-0.25, -0.2) is 4.79 Å². The Labute approximate surface area is 96.9 Å². The van der Waals surface area contributed by atoms with Gasteiger partial charge in [0.2, 0.25) is 0 Å². The first kappa shape index (κ1) is 12.5. The lowest BCUT2D eigenvalue weighted by Gasteiger charge is -2.03. The van der Waals surface area contributed by atoms with E-state index in [0.29, 0.717) is 6.61 Å². The summed E-state index contributed by atoms with van der Waals surface area (Å²) >= 11 is 0. The molecule has 0 N–H and O–H groups in total. The van der Waals surface area contributed by atoms with Crippen LogP contribution in [-0.2, 0) is 16.0 Å². The minimum Gasteiger partial charge on any atom is -0.463 e. The summed E-state index contributed by atoms with van der Waals surface area (Å²) in [4.78, 5) is 11.3. The van der Waals surface area contributed by atoms with Crippen LogP contribution in [0.2, 0.25) is 0 Å². The maximum absolute atomic E-state index is 11.3. The van der Waals surface area contributed by atoms with Gasteiger partial charge in [-0.3, -0.25) is 0 Å². The molecule has 2 heteroatoms. The summed E-state index contributed by atoms with van der Waals surface area (Å²) in [7, 11) is 0. The molecule has 0 unspecified atom stereocenters. The summed E-state index contributed by atoms with van der Waals surface area (Å²) in [5.41, 5.74) is 3.29. The number of carbonyl (C=O) groups is 1. The first-order chi connectivity index (χ1) is 7.67. The second kappa shape index (κ2) is 6.11. The molecule has 0 aliphatic heterocycles. The molecule has 0 aliphatic rings. The summed E-state index contributed by atoms with van der Waals surface area (Å²) < 4.78 is 4.86. The van der Waals surface area contributed by atoms with Crippen molar-refractivity contribution in [2.45, 2.75) is 27.2 Å². The van der Waals surface area contributed by atoms with Gasteiger partial charge in [0.15, 0.2) is 0 Å². The molecule has 86 valence electrons. The Kier molecular flexibility index (Phi) is 4.77. The predicted molar refractivity (Wildman–Crippen MR) is 66.1 cm³/mol. The number of rotatable bonds is 4. The van der Waals surface area contributed by atoms with Crippen molar-refractivity contribution in [1.82, 2.24) is 0 Å². The van der Waals surface area contributed by atoms with Gasteiger partial charge in [-0.15, -0.1) is 0 Å². The summed E-state index contributed by atoms with van der Waals surface area (Å²) in [6.07, 6.45) is 2.56. The second-order valence-electron chi connectivity index (χ2n) is 3.63. The highest BCUT2D eigenvalue weighted by Crippen LogP contribution is 2.14. The average molecular weight is 218 g/mol. The third-order valence-electron chi connectivity index (χ3n) is 2.44. The summed E-state index contributed by atoms with van der Waals surface area (Å²) in [5.74, 6) is -0.278. The largest absolute Gasteiger partial charge is 0.463 e. The van der Waals surface area contributed by atoms with Crippen LogP contribution in [0, 0.1) is 0 Å². The number of hydrogen-bond acceptors (Lipinski definition) is 2. The molecule has 0 radical (unpaired) electrons. The van der Waals surface area contributed by atoms with Gasteiger partial charge in [0.05, 0.1) is 6.61 Å². The molecular weight excluding hydrogens is 200 g/mol. The van der Waals surface area contributed by atoms with E-state index in [4.69, 9.17) is 4.74 Å². The molecular formula is C14H18O2. The second-order valence-corrected chi connectivity index (χ2v) is 3.63. The van der Waals surface area contributed by atoms with Crippen molar-refractivity contribution in [3.05, 3.63) is 41.5 Å². The molecule has 0 heterocycles. The molecule has 0 aliphatic carbocycles. The first-order valence-electron chi connectivity index (χ1n) is 5.61. The Morgan fingerprint density at radius 2 is 1.88 bits per heavy atom. The molecule has 0 spiro atoms. The fourth-order valence-corrected chi connectivity index (χ4v) is 1.45. The highest BCUT2D eigenvalue weighted by Gasteiger charge is 2.00. The maximum Gasteiger partial charge on any atom is 0.331 e. The van der Waals surface area contributed by atoms with E-state index in [0.717, 1.165) is 17.6 Å². The normalized spacial score (nSPS) is 11.3. The summed E-state index contributed by atoms with van der Waals surface area (Å²) in [6, 6.07) is 8.23. The Morgan fingerprint density at radius 1 is 1.25 bits per heavy atom. The number of hydrogen-bond donors (Lipinski definition) is 0. The van der Waals surface area contributed by atoms with Crippen LogP contribution in [0.1, 0.15) is 31.9 Å². The van der Waals surface area contributed by atoms with Crippen molar-refractivity contribution >= 4 is 11.5 Å². The Morgan fingerprint density at radius 3 is 2.38 bits per heavy atom. The lowest BCUT2D eigenvalue weighted by atomic mass is 10.0. The zero-order valence-electron chi connectivity index (χ0n) is 10.1. The van der Waals surface area contributed by atoms with Crippen molar-refractivity contribution in [2.24, 2.45) is 0 Å². The highest BCUT2D eigenvalue weighted by molar-refractivity contribution is 5.90. The van der Waals surface area contributed by atoms with Gasteiger partial charge in [0.25, 0.3) is 0 Å². The van der Waals surface area contributed by atoms with Gasteiger partial charge in [-0.2, -0.15) is 0 Å². The number of ether oxygens (including phenoxy) is 1. The Balaban J connectivity index is 2.79. The minimum absolute atomic E-state index is 0.278. The standard InChI is InChI=1S/C14H18O2/c1-4-12-6-8-13(9-7-12)11(3)10-14(15)16-5-2/h6-10H,4-5H2,1-3H3. The van der Waals surface area contributed by atoms with E-state index < -0.39 is 0 Å². The summed E-state index contributed by atoms with van der Waals surface area (Å²) in [5, 5.41) is 0. The third-order valence-corrected chi connectivity index (χ3v) is 2.44. The molecule has 16 heavy (non-hydrogen) atoms. The summed E-state index contributed by atoms with van der Waals surface area (Å²) in [6.45, 7) is 6.25. The highest BCUT2D eigenvalue weighted by atomic mass is 16.5. The molecule has 0 bridgehead atoms. The fraction of sp³-hybridized carbons (Fsp3) is 0.357. The lowest BCUT2D eigenvalue weighted by Crippen LogP contribution is -2.00. The van der Waals surface area contributed by atoms with E-state index in [1.165, 1.54) is 11.6 Å². The molecule has 1 aromatic carbocycles. The average Bonchev–Trinajstić information content (AvgIpc) is 2.29. The van der Waals surface area contributed by atoms with Gasteiger partial charge in [0.1, 0.15) is 0 Å². The molecule has 1 rings (SSSR count). The Hall–Kier alpha value is -1.57. The van der Waals surface area contributed by atoms with Crippen molar-refractivity contribution in [2.75, 3.05) is 6.61 Å². The number of carbonyl (C=O) groups excluding carboxylic acids is 1. The van der Waals surface area contributed by atoms with Crippen LogP contribution in [0.15, 0.2) is 30.3 Å². The van der Waals surface area contributed by atoms with E-state index in [-0.39, 0.29) is 5.97 Å². The smallest absolute Gasteiger partial charge is 0.331 e. The molecule has 0 atom stereocenters. The van der Waals surface area contributed by atoms with Gasteiger partial charge in [-0.1, -0.05) is 31.2 Å². The monoisotopic (exact) mass is 218 g/mol. The molecule has 0 fully saturated rings. The molecule has 0 saturated heterocycles. The quantitative estimate of drug-likeness (QED) is 0.573. The Bertz CT molecular complexity index is 374. The van der Waals surface area contributed by atoms with Gasteiger partial charge < -0.3 is 4.74 Å². The zero-order valence-corrected chi connectivity index (χ0v) is 10.1. The number of allylic oxidation sites excluding steroid dienone is 1. The van der Waals surface area contributed by atoms with E-state index >= 15 is 0 Å². The van der Waals surface area contributed by atoms with Crippen LogP contribution in [0.3, 0.4) is 0 Å². The van der Waals surface area contributed by atoms with E-state index in [2.05, 4.69) is 19.1 Å². The zero-order chi connectivity index (χ0) is 12.0. The molecule has 1 aromatic rings. The van der Waals surface area contributed by atoms with Gasteiger partial charge >= 0.3 is 5.97 Å². The van der Waals surface area contributed by atoms with Crippen LogP contribution < -0.4 is 0 Å². The molecule has 2 nitrogen and oxygen atoms in total.